The van der Waals surface area contributed by atoms with Gasteiger partial charge in [0, 0.05) is 23.7 Å². The summed E-state index contributed by atoms with van der Waals surface area (Å²) >= 11 is 0. The molecule has 1 aliphatic rings. The number of carbonyl (C=O) groups excluding carboxylic acids is 1. The average Bonchev–Trinajstić information content (AvgIpc) is 2.67. The summed E-state index contributed by atoms with van der Waals surface area (Å²) in [6.45, 7) is 4.26. The van der Waals surface area contributed by atoms with Crippen LogP contribution in [0, 0.1) is 0 Å². The highest BCUT2D eigenvalue weighted by atomic mass is 16.5. The number of carbonyl (C=O) groups is 1. The highest BCUT2D eigenvalue weighted by Crippen LogP contribution is 2.42. The Morgan fingerprint density at radius 1 is 1.19 bits per heavy atom. The molecule has 138 valence electrons. The second-order valence-corrected chi connectivity index (χ2v) is 6.62. The fourth-order valence-electron chi connectivity index (χ4n) is 3.46. The lowest BCUT2D eigenvalue weighted by atomic mass is 9.83. The molecule has 5 heteroatoms. The van der Waals surface area contributed by atoms with Crippen LogP contribution in [0.15, 0.2) is 48.5 Å². The molecule has 5 nitrogen and oxygen atoms in total. The van der Waals surface area contributed by atoms with E-state index >= 15 is 0 Å². The van der Waals surface area contributed by atoms with Gasteiger partial charge < -0.3 is 20.1 Å². The molecule has 0 aliphatic carbocycles. The van der Waals surface area contributed by atoms with Crippen LogP contribution in [-0.2, 0) is 0 Å². The maximum atomic E-state index is 12.6. The minimum Gasteiger partial charge on any atom is -0.497 e. The fourth-order valence-corrected chi connectivity index (χ4v) is 3.46. The first-order valence-electron chi connectivity index (χ1n) is 9.08. The maximum Gasteiger partial charge on any atom is 0.319 e. The molecule has 26 heavy (non-hydrogen) atoms. The van der Waals surface area contributed by atoms with Crippen LogP contribution >= 0.6 is 0 Å². The van der Waals surface area contributed by atoms with Gasteiger partial charge in [-0.1, -0.05) is 38.1 Å². The van der Waals surface area contributed by atoms with Crippen molar-refractivity contribution in [1.82, 2.24) is 5.32 Å². The van der Waals surface area contributed by atoms with Gasteiger partial charge in [-0.15, -0.1) is 0 Å². The second-order valence-electron chi connectivity index (χ2n) is 6.62. The third kappa shape index (κ3) is 3.77. The Kier molecular flexibility index (Phi) is 5.35. The van der Waals surface area contributed by atoms with E-state index in [9.17, 15) is 4.79 Å². The van der Waals surface area contributed by atoms with Crippen LogP contribution in [0.25, 0.3) is 0 Å². The Balaban J connectivity index is 1.78. The quantitative estimate of drug-likeness (QED) is 0.803. The van der Waals surface area contributed by atoms with E-state index < -0.39 is 0 Å². The van der Waals surface area contributed by atoms with Crippen LogP contribution in [0.2, 0.25) is 0 Å². The molecule has 0 aromatic heterocycles. The number of methoxy groups -OCH3 is 1. The number of benzene rings is 2. The largest absolute Gasteiger partial charge is 0.497 e. The molecule has 2 N–H and O–H groups in total. The number of fused-ring (bicyclic) bond motifs is 1. The van der Waals surface area contributed by atoms with Crippen molar-refractivity contribution in [1.29, 1.82) is 0 Å². The van der Waals surface area contributed by atoms with Gasteiger partial charge in [-0.05, 0) is 31.0 Å². The minimum absolute atomic E-state index is 0.0922. The van der Waals surface area contributed by atoms with Gasteiger partial charge in [0.2, 0.25) is 0 Å². The van der Waals surface area contributed by atoms with Crippen LogP contribution in [0.5, 0.6) is 11.5 Å². The van der Waals surface area contributed by atoms with Gasteiger partial charge in [0.05, 0.1) is 13.2 Å². The monoisotopic (exact) mass is 354 g/mol. The van der Waals surface area contributed by atoms with Crippen LogP contribution < -0.4 is 20.1 Å². The number of urea groups is 1. The minimum atomic E-state index is -0.248. The van der Waals surface area contributed by atoms with Crippen molar-refractivity contribution < 1.29 is 14.3 Å². The van der Waals surface area contributed by atoms with Crippen LogP contribution in [0.4, 0.5) is 10.5 Å². The first kappa shape index (κ1) is 18.1. The van der Waals surface area contributed by atoms with Gasteiger partial charge in [0.15, 0.2) is 0 Å². The summed E-state index contributed by atoms with van der Waals surface area (Å²) in [5.41, 5.74) is 1.47. The molecule has 0 bridgehead atoms. The van der Waals surface area contributed by atoms with E-state index in [-0.39, 0.29) is 17.7 Å². The lowest BCUT2D eigenvalue weighted by Gasteiger charge is -2.41. The molecule has 1 unspecified atom stereocenters. The Labute approximate surface area is 154 Å². The number of amides is 2. The van der Waals surface area contributed by atoms with Crippen molar-refractivity contribution in [2.24, 2.45) is 0 Å². The number of anilines is 1. The SMILES string of the molecule is CCC1(CC)CC(NC(=O)Nc2cccc(OC)c2)c2ccccc2O1. The Hall–Kier alpha value is -2.69. The van der Waals surface area contributed by atoms with E-state index in [4.69, 9.17) is 9.47 Å². The summed E-state index contributed by atoms with van der Waals surface area (Å²) in [6.07, 6.45) is 2.55. The third-order valence-corrected chi connectivity index (χ3v) is 5.12. The molecule has 1 heterocycles. The van der Waals surface area contributed by atoms with Crippen molar-refractivity contribution in [2.75, 3.05) is 12.4 Å². The molecule has 3 rings (SSSR count). The van der Waals surface area contributed by atoms with Gasteiger partial charge in [-0.25, -0.2) is 4.79 Å². The standard InChI is InChI=1S/C21H26N2O3/c1-4-21(5-2)14-18(17-11-6-7-12-19(17)26-21)23-20(24)22-15-9-8-10-16(13-15)25-3/h6-13,18H,4-5,14H2,1-3H3,(H2,22,23,24). The number of nitrogens with one attached hydrogen (secondary N) is 2. The summed E-state index contributed by atoms with van der Waals surface area (Å²) in [7, 11) is 1.60. The summed E-state index contributed by atoms with van der Waals surface area (Å²) in [6, 6.07) is 14.9. The van der Waals surface area contributed by atoms with E-state index in [0.29, 0.717) is 11.4 Å². The summed E-state index contributed by atoms with van der Waals surface area (Å²) in [4.78, 5) is 12.6. The number of para-hydroxylation sites is 1. The summed E-state index contributed by atoms with van der Waals surface area (Å²) < 4.78 is 11.5. The van der Waals surface area contributed by atoms with Crippen LogP contribution in [0.1, 0.15) is 44.7 Å². The predicted octanol–water partition coefficient (Wildman–Crippen LogP) is 4.90. The molecule has 2 aromatic carbocycles. The molecule has 1 atom stereocenters. The van der Waals surface area contributed by atoms with Crippen molar-refractivity contribution in [3.63, 3.8) is 0 Å². The molecular formula is C21H26N2O3. The number of hydrogen-bond donors (Lipinski definition) is 2. The highest BCUT2D eigenvalue weighted by Gasteiger charge is 2.38. The Morgan fingerprint density at radius 2 is 1.96 bits per heavy atom. The smallest absolute Gasteiger partial charge is 0.319 e. The van der Waals surface area contributed by atoms with E-state index in [1.54, 1.807) is 13.2 Å². The van der Waals surface area contributed by atoms with Gasteiger partial charge in [0.25, 0.3) is 0 Å². The van der Waals surface area contributed by atoms with Crippen LogP contribution in [-0.4, -0.2) is 18.7 Å². The normalized spacial score (nSPS) is 17.6. The van der Waals surface area contributed by atoms with Gasteiger partial charge in [-0.2, -0.15) is 0 Å². The first-order chi connectivity index (χ1) is 12.6. The lowest BCUT2D eigenvalue weighted by molar-refractivity contribution is 0.0247. The van der Waals surface area contributed by atoms with E-state index in [2.05, 4.69) is 24.5 Å². The first-order valence-corrected chi connectivity index (χ1v) is 9.08. The molecule has 1 aliphatic heterocycles. The maximum absolute atomic E-state index is 12.6. The van der Waals surface area contributed by atoms with Crippen LogP contribution in [0.3, 0.4) is 0 Å². The molecule has 0 spiro atoms. The molecular weight excluding hydrogens is 328 g/mol. The molecule has 0 saturated heterocycles. The topological polar surface area (TPSA) is 59.6 Å². The Bertz CT molecular complexity index is 771. The Morgan fingerprint density at radius 3 is 2.69 bits per heavy atom. The zero-order chi connectivity index (χ0) is 18.6. The van der Waals surface area contributed by atoms with Crippen molar-refractivity contribution in [3.8, 4) is 11.5 Å². The zero-order valence-electron chi connectivity index (χ0n) is 15.5. The summed E-state index contributed by atoms with van der Waals surface area (Å²) in [5.74, 6) is 1.56. The van der Waals surface area contributed by atoms with Gasteiger partial charge in [-0.3, -0.25) is 0 Å². The average molecular weight is 354 g/mol. The lowest BCUT2D eigenvalue weighted by Crippen LogP contribution is -2.45. The molecule has 2 amide bonds. The molecule has 0 fully saturated rings. The van der Waals surface area contributed by atoms with Gasteiger partial charge >= 0.3 is 6.03 Å². The zero-order valence-corrected chi connectivity index (χ0v) is 15.5. The number of ether oxygens (including phenoxy) is 2. The summed E-state index contributed by atoms with van der Waals surface area (Å²) in [5, 5.41) is 6.00. The number of rotatable bonds is 5. The predicted molar refractivity (Wildman–Crippen MR) is 103 cm³/mol. The fraction of sp³-hybridized carbons (Fsp3) is 0.381. The van der Waals surface area contributed by atoms with Crippen molar-refractivity contribution in [2.45, 2.75) is 44.8 Å². The van der Waals surface area contributed by atoms with E-state index in [1.807, 2.05) is 42.5 Å². The number of hydrogen-bond acceptors (Lipinski definition) is 3. The van der Waals surface area contributed by atoms with Crippen molar-refractivity contribution in [3.05, 3.63) is 54.1 Å². The highest BCUT2D eigenvalue weighted by molar-refractivity contribution is 5.89. The molecule has 0 saturated carbocycles. The second kappa shape index (κ2) is 7.68. The molecule has 2 aromatic rings. The van der Waals surface area contributed by atoms with Gasteiger partial charge in [0.1, 0.15) is 17.1 Å². The van der Waals surface area contributed by atoms with E-state index in [0.717, 1.165) is 30.6 Å². The van der Waals surface area contributed by atoms with Crippen molar-refractivity contribution >= 4 is 11.7 Å². The molecule has 0 radical (unpaired) electrons. The van der Waals surface area contributed by atoms with E-state index in [1.165, 1.54) is 0 Å². The third-order valence-electron chi connectivity index (χ3n) is 5.12.